The lowest BCUT2D eigenvalue weighted by atomic mass is 10.2. The first-order valence-corrected chi connectivity index (χ1v) is 8.35. The van der Waals surface area contributed by atoms with E-state index in [1.165, 1.54) is 0 Å². The molecule has 4 heteroatoms. The predicted molar refractivity (Wildman–Crippen MR) is 97.9 cm³/mol. The summed E-state index contributed by atoms with van der Waals surface area (Å²) in [6, 6.07) is 16.1. The van der Waals surface area contributed by atoms with Crippen molar-refractivity contribution in [2.75, 3.05) is 32.2 Å². The molecule has 4 nitrogen and oxygen atoms in total. The Bertz CT molecular complexity index is 596. The van der Waals surface area contributed by atoms with Gasteiger partial charge in [0.05, 0.1) is 13.2 Å². The Hall–Kier alpha value is -2.20. The second-order valence-corrected chi connectivity index (χ2v) is 6.03. The topological polar surface area (TPSA) is 39.7 Å². The van der Waals surface area contributed by atoms with Gasteiger partial charge in [-0.3, -0.25) is 0 Å². The molecule has 0 amide bonds. The van der Waals surface area contributed by atoms with Gasteiger partial charge in [-0.25, -0.2) is 0 Å². The first-order valence-electron chi connectivity index (χ1n) is 8.35. The van der Waals surface area contributed by atoms with Crippen molar-refractivity contribution in [2.24, 2.45) is 5.92 Å². The van der Waals surface area contributed by atoms with Crippen molar-refractivity contribution >= 4 is 5.69 Å². The van der Waals surface area contributed by atoms with Crippen LogP contribution in [-0.2, 0) is 11.3 Å². The minimum atomic E-state index is 0.511. The van der Waals surface area contributed by atoms with E-state index in [0.717, 1.165) is 35.9 Å². The van der Waals surface area contributed by atoms with E-state index in [1.807, 2.05) is 42.5 Å². The standard InChI is InChI=1S/C20H27NO3/c1-16(2)15-24-20-7-5-4-6-17(20)14-21-18-8-10-19(11-9-18)23-13-12-22-3/h4-11,16,21H,12-15H2,1-3H3. The van der Waals surface area contributed by atoms with Crippen LogP contribution in [0, 0.1) is 5.92 Å². The highest BCUT2D eigenvalue weighted by molar-refractivity contribution is 5.47. The zero-order valence-corrected chi connectivity index (χ0v) is 14.7. The van der Waals surface area contributed by atoms with Gasteiger partial charge in [-0.1, -0.05) is 32.0 Å². The third kappa shape index (κ3) is 6.13. The van der Waals surface area contributed by atoms with Crippen LogP contribution < -0.4 is 14.8 Å². The van der Waals surface area contributed by atoms with Crippen LogP contribution in [0.3, 0.4) is 0 Å². The van der Waals surface area contributed by atoms with Crippen LogP contribution in [0.2, 0.25) is 0 Å². The van der Waals surface area contributed by atoms with Crippen LogP contribution in [0.25, 0.3) is 0 Å². The van der Waals surface area contributed by atoms with E-state index in [9.17, 15) is 0 Å². The number of nitrogens with one attached hydrogen (secondary N) is 1. The Morgan fingerprint density at radius 1 is 0.917 bits per heavy atom. The Labute approximate surface area is 144 Å². The molecule has 2 rings (SSSR count). The molecule has 0 saturated heterocycles. The Morgan fingerprint density at radius 2 is 1.67 bits per heavy atom. The summed E-state index contributed by atoms with van der Waals surface area (Å²) in [6.07, 6.45) is 0. The number of ether oxygens (including phenoxy) is 3. The smallest absolute Gasteiger partial charge is 0.124 e. The van der Waals surface area contributed by atoms with Crippen molar-refractivity contribution in [3.63, 3.8) is 0 Å². The molecule has 0 aromatic heterocycles. The van der Waals surface area contributed by atoms with Crippen LogP contribution in [0.15, 0.2) is 48.5 Å². The molecule has 0 fully saturated rings. The number of para-hydroxylation sites is 1. The maximum Gasteiger partial charge on any atom is 0.124 e. The quantitative estimate of drug-likeness (QED) is 0.658. The van der Waals surface area contributed by atoms with Gasteiger partial charge in [0.2, 0.25) is 0 Å². The lowest BCUT2D eigenvalue weighted by molar-refractivity contribution is 0.146. The molecule has 0 atom stereocenters. The molecule has 0 saturated carbocycles. The number of hydrogen-bond donors (Lipinski definition) is 1. The molecule has 2 aromatic rings. The SMILES string of the molecule is COCCOc1ccc(NCc2ccccc2OCC(C)C)cc1. The molecule has 0 radical (unpaired) electrons. The van der Waals surface area contributed by atoms with Gasteiger partial charge >= 0.3 is 0 Å². The molecule has 0 unspecified atom stereocenters. The van der Waals surface area contributed by atoms with Crippen molar-refractivity contribution in [1.29, 1.82) is 0 Å². The third-order valence-corrected chi connectivity index (χ3v) is 3.44. The van der Waals surface area contributed by atoms with E-state index in [1.54, 1.807) is 7.11 Å². The Morgan fingerprint density at radius 3 is 2.38 bits per heavy atom. The highest BCUT2D eigenvalue weighted by Gasteiger charge is 2.04. The average molecular weight is 329 g/mol. The van der Waals surface area contributed by atoms with Gasteiger partial charge in [0.15, 0.2) is 0 Å². The molecule has 1 N–H and O–H groups in total. The van der Waals surface area contributed by atoms with E-state index in [4.69, 9.17) is 14.2 Å². The highest BCUT2D eigenvalue weighted by atomic mass is 16.5. The second kappa shape index (κ2) is 9.83. The fraction of sp³-hybridized carbons (Fsp3) is 0.400. The fourth-order valence-corrected chi connectivity index (χ4v) is 2.16. The first kappa shape index (κ1) is 18.1. The number of anilines is 1. The molecule has 0 aliphatic carbocycles. The lowest BCUT2D eigenvalue weighted by Gasteiger charge is -2.14. The van der Waals surface area contributed by atoms with Crippen LogP contribution in [-0.4, -0.2) is 26.9 Å². The van der Waals surface area contributed by atoms with Crippen LogP contribution in [0.5, 0.6) is 11.5 Å². The summed E-state index contributed by atoms with van der Waals surface area (Å²) in [5.41, 5.74) is 2.20. The third-order valence-electron chi connectivity index (χ3n) is 3.44. The van der Waals surface area contributed by atoms with Crippen molar-refractivity contribution in [1.82, 2.24) is 0 Å². The number of benzene rings is 2. The molecule has 130 valence electrons. The van der Waals surface area contributed by atoms with Gasteiger partial charge in [0.1, 0.15) is 18.1 Å². The van der Waals surface area contributed by atoms with Gasteiger partial charge < -0.3 is 19.5 Å². The van der Waals surface area contributed by atoms with Gasteiger partial charge in [-0.2, -0.15) is 0 Å². The summed E-state index contributed by atoms with van der Waals surface area (Å²) < 4.78 is 16.4. The molecule has 24 heavy (non-hydrogen) atoms. The summed E-state index contributed by atoms with van der Waals surface area (Å²) in [5, 5.41) is 3.42. The minimum Gasteiger partial charge on any atom is -0.493 e. The predicted octanol–water partition coefficient (Wildman–Crippen LogP) is 4.36. The van der Waals surface area contributed by atoms with Gasteiger partial charge in [-0.15, -0.1) is 0 Å². The van der Waals surface area contributed by atoms with E-state index in [0.29, 0.717) is 19.1 Å². The molecule has 0 heterocycles. The van der Waals surface area contributed by atoms with Gasteiger partial charge in [0, 0.05) is 24.9 Å². The van der Waals surface area contributed by atoms with Crippen molar-refractivity contribution in [2.45, 2.75) is 20.4 Å². The maximum atomic E-state index is 5.89. The van der Waals surface area contributed by atoms with Crippen molar-refractivity contribution in [3.8, 4) is 11.5 Å². The normalized spacial score (nSPS) is 10.7. The van der Waals surface area contributed by atoms with E-state index in [2.05, 4.69) is 25.2 Å². The summed E-state index contributed by atoms with van der Waals surface area (Å²) in [4.78, 5) is 0. The van der Waals surface area contributed by atoms with Crippen molar-refractivity contribution in [3.05, 3.63) is 54.1 Å². The Balaban J connectivity index is 1.89. The monoisotopic (exact) mass is 329 g/mol. The summed E-state index contributed by atoms with van der Waals surface area (Å²) in [5.74, 6) is 2.30. The molecule has 0 aliphatic heterocycles. The zero-order valence-electron chi connectivity index (χ0n) is 14.7. The van der Waals surface area contributed by atoms with Gasteiger partial charge in [-0.05, 0) is 36.2 Å². The van der Waals surface area contributed by atoms with Crippen LogP contribution in [0.4, 0.5) is 5.69 Å². The molecular formula is C20H27NO3. The minimum absolute atomic E-state index is 0.511. The van der Waals surface area contributed by atoms with E-state index < -0.39 is 0 Å². The highest BCUT2D eigenvalue weighted by Crippen LogP contribution is 2.21. The van der Waals surface area contributed by atoms with Crippen LogP contribution in [0.1, 0.15) is 19.4 Å². The molecule has 0 aliphatic rings. The molecule has 0 spiro atoms. The molecule has 0 bridgehead atoms. The van der Waals surface area contributed by atoms with Gasteiger partial charge in [0.25, 0.3) is 0 Å². The number of rotatable bonds is 10. The maximum absolute atomic E-state index is 5.89. The molecular weight excluding hydrogens is 302 g/mol. The van der Waals surface area contributed by atoms with Crippen molar-refractivity contribution < 1.29 is 14.2 Å². The summed E-state index contributed by atoms with van der Waals surface area (Å²) in [7, 11) is 1.67. The lowest BCUT2D eigenvalue weighted by Crippen LogP contribution is -2.08. The first-order chi connectivity index (χ1) is 11.7. The average Bonchev–Trinajstić information content (AvgIpc) is 2.60. The van der Waals surface area contributed by atoms with E-state index in [-0.39, 0.29) is 0 Å². The fourth-order valence-electron chi connectivity index (χ4n) is 2.16. The zero-order chi connectivity index (χ0) is 17.2. The largest absolute Gasteiger partial charge is 0.493 e. The van der Waals surface area contributed by atoms with Crippen LogP contribution >= 0.6 is 0 Å². The number of methoxy groups -OCH3 is 1. The second-order valence-electron chi connectivity index (χ2n) is 6.03. The summed E-state index contributed by atoms with van der Waals surface area (Å²) >= 11 is 0. The summed E-state index contributed by atoms with van der Waals surface area (Å²) in [6.45, 7) is 6.90. The number of hydrogen-bond acceptors (Lipinski definition) is 4. The molecule has 2 aromatic carbocycles. The van der Waals surface area contributed by atoms with E-state index >= 15 is 0 Å². The Kier molecular flexibility index (Phi) is 7.43.